The molecule has 1 unspecified atom stereocenters. The fourth-order valence-electron chi connectivity index (χ4n) is 3.56. The van der Waals surface area contributed by atoms with Crippen LogP contribution in [0.1, 0.15) is 37.8 Å². The molecule has 1 aliphatic carbocycles. The first-order valence-corrected chi connectivity index (χ1v) is 6.84. The van der Waals surface area contributed by atoms with Crippen LogP contribution in [0.2, 0.25) is 0 Å². The minimum atomic E-state index is -0.136. The van der Waals surface area contributed by atoms with Crippen LogP contribution in [0.25, 0.3) is 0 Å². The number of hydrogen-bond donors (Lipinski definition) is 1. The minimum Gasteiger partial charge on any atom is -0.350 e. The van der Waals surface area contributed by atoms with E-state index < -0.39 is 0 Å². The van der Waals surface area contributed by atoms with Gasteiger partial charge in [0.1, 0.15) is 0 Å². The van der Waals surface area contributed by atoms with Crippen LogP contribution in [-0.2, 0) is 16.6 Å². The first-order chi connectivity index (χ1) is 7.95. The third-order valence-corrected chi connectivity index (χ3v) is 5.01. The summed E-state index contributed by atoms with van der Waals surface area (Å²) in [5.74, 6) is 0.186. The molecule has 2 nitrogen and oxygen atoms in total. The SMILES string of the molecule is CC1(C)NC(=O)CC12CCc1cc(Br)ccc12. The standard InChI is InChI=1S/C14H16BrNO/c1-13(2)14(8-12(17)16-13)6-5-9-7-10(15)3-4-11(9)14/h3-4,7H,5-6,8H2,1-2H3,(H,16,17). The number of fused-ring (bicyclic) bond motifs is 2. The summed E-state index contributed by atoms with van der Waals surface area (Å²) in [6, 6.07) is 6.47. The van der Waals surface area contributed by atoms with E-state index in [9.17, 15) is 4.79 Å². The third kappa shape index (κ3) is 1.41. The van der Waals surface area contributed by atoms with E-state index in [-0.39, 0.29) is 16.9 Å². The van der Waals surface area contributed by atoms with Crippen LogP contribution in [0.5, 0.6) is 0 Å². The second-order valence-electron chi connectivity index (χ2n) is 5.73. The molecule has 1 amide bonds. The monoisotopic (exact) mass is 293 g/mol. The number of benzene rings is 1. The first kappa shape index (κ1) is 11.3. The lowest BCUT2D eigenvalue weighted by atomic mass is 9.68. The van der Waals surface area contributed by atoms with Gasteiger partial charge in [-0.05, 0) is 49.9 Å². The van der Waals surface area contributed by atoms with Gasteiger partial charge in [0.15, 0.2) is 0 Å². The molecule has 1 aromatic rings. The highest BCUT2D eigenvalue weighted by molar-refractivity contribution is 9.10. The zero-order valence-electron chi connectivity index (χ0n) is 10.1. The smallest absolute Gasteiger partial charge is 0.221 e. The average molecular weight is 294 g/mol. The molecule has 3 heteroatoms. The van der Waals surface area contributed by atoms with Gasteiger partial charge in [-0.2, -0.15) is 0 Å². The van der Waals surface area contributed by atoms with Crippen molar-refractivity contribution < 1.29 is 4.79 Å². The van der Waals surface area contributed by atoms with Gasteiger partial charge in [-0.3, -0.25) is 4.79 Å². The fourth-order valence-corrected chi connectivity index (χ4v) is 3.97. The van der Waals surface area contributed by atoms with Crippen LogP contribution in [-0.4, -0.2) is 11.4 Å². The molecule has 90 valence electrons. The number of carbonyl (C=O) groups excluding carboxylic acids is 1. The van der Waals surface area contributed by atoms with Crippen LogP contribution in [0, 0.1) is 0 Å². The molecule has 1 N–H and O–H groups in total. The molecule has 0 aromatic heterocycles. The third-order valence-electron chi connectivity index (χ3n) is 4.51. The highest BCUT2D eigenvalue weighted by Gasteiger charge is 2.56. The largest absolute Gasteiger partial charge is 0.350 e. The van der Waals surface area contributed by atoms with E-state index in [4.69, 9.17) is 0 Å². The van der Waals surface area contributed by atoms with Gasteiger partial charge in [-0.25, -0.2) is 0 Å². The normalized spacial score (nSPS) is 29.5. The molecule has 3 rings (SSSR count). The van der Waals surface area contributed by atoms with Crippen molar-refractivity contribution in [1.82, 2.24) is 5.32 Å². The molecule has 1 fully saturated rings. The summed E-state index contributed by atoms with van der Waals surface area (Å²) in [4.78, 5) is 11.8. The number of halogens is 1. The molecular weight excluding hydrogens is 278 g/mol. The summed E-state index contributed by atoms with van der Waals surface area (Å²) in [7, 11) is 0. The Hall–Kier alpha value is -0.830. The summed E-state index contributed by atoms with van der Waals surface area (Å²) in [6.07, 6.45) is 2.78. The van der Waals surface area contributed by atoms with Crippen molar-refractivity contribution in [2.75, 3.05) is 0 Å². The Balaban J connectivity index is 2.17. The second-order valence-corrected chi connectivity index (χ2v) is 6.65. The quantitative estimate of drug-likeness (QED) is 0.783. The van der Waals surface area contributed by atoms with Gasteiger partial charge in [-0.1, -0.05) is 22.0 Å². The van der Waals surface area contributed by atoms with Gasteiger partial charge in [0.2, 0.25) is 5.91 Å². The summed E-state index contributed by atoms with van der Waals surface area (Å²) in [6.45, 7) is 4.30. The average Bonchev–Trinajstić information content (AvgIpc) is 2.67. The summed E-state index contributed by atoms with van der Waals surface area (Å²) in [5.41, 5.74) is 2.62. The van der Waals surface area contributed by atoms with Crippen molar-refractivity contribution in [3.05, 3.63) is 33.8 Å². The number of hydrogen-bond acceptors (Lipinski definition) is 1. The topological polar surface area (TPSA) is 29.1 Å². The van der Waals surface area contributed by atoms with E-state index in [1.807, 2.05) is 0 Å². The van der Waals surface area contributed by atoms with Crippen molar-refractivity contribution in [3.8, 4) is 0 Å². The van der Waals surface area contributed by atoms with Crippen LogP contribution >= 0.6 is 15.9 Å². The van der Waals surface area contributed by atoms with Gasteiger partial charge in [0.25, 0.3) is 0 Å². The maximum absolute atomic E-state index is 11.8. The van der Waals surface area contributed by atoms with Crippen molar-refractivity contribution in [1.29, 1.82) is 0 Å². The van der Waals surface area contributed by atoms with E-state index in [2.05, 4.69) is 53.3 Å². The van der Waals surface area contributed by atoms with Crippen LogP contribution in [0.4, 0.5) is 0 Å². The number of amides is 1. The zero-order chi connectivity index (χ0) is 12.3. The maximum Gasteiger partial charge on any atom is 0.221 e. The summed E-state index contributed by atoms with van der Waals surface area (Å²) >= 11 is 3.52. The van der Waals surface area contributed by atoms with E-state index in [0.717, 1.165) is 17.3 Å². The molecule has 1 heterocycles. The van der Waals surface area contributed by atoms with Crippen LogP contribution < -0.4 is 5.32 Å². The Morgan fingerprint density at radius 1 is 1.35 bits per heavy atom. The number of carbonyl (C=O) groups is 1. The van der Waals surface area contributed by atoms with Crippen molar-refractivity contribution >= 4 is 21.8 Å². The van der Waals surface area contributed by atoms with Gasteiger partial charge >= 0.3 is 0 Å². The minimum absolute atomic E-state index is 0.000116. The Labute approximate surface area is 110 Å². The van der Waals surface area contributed by atoms with Gasteiger partial charge in [-0.15, -0.1) is 0 Å². The Morgan fingerprint density at radius 3 is 2.76 bits per heavy atom. The molecule has 0 saturated carbocycles. The lowest BCUT2D eigenvalue weighted by Gasteiger charge is -2.38. The molecule has 1 spiro atoms. The molecular formula is C14H16BrNO. The highest BCUT2D eigenvalue weighted by atomic mass is 79.9. The predicted octanol–water partition coefficient (Wildman–Crippen LogP) is 2.93. The fraction of sp³-hybridized carbons (Fsp3) is 0.500. The molecule has 1 atom stereocenters. The van der Waals surface area contributed by atoms with E-state index in [1.54, 1.807) is 0 Å². The summed E-state index contributed by atoms with van der Waals surface area (Å²) < 4.78 is 1.13. The highest BCUT2D eigenvalue weighted by Crippen LogP contribution is 2.51. The lowest BCUT2D eigenvalue weighted by molar-refractivity contribution is -0.119. The van der Waals surface area contributed by atoms with Gasteiger partial charge in [0, 0.05) is 21.8 Å². The molecule has 0 bridgehead atoms. The van der Waals surface area contributed by atoms with Gasteiger partial charge in [0.05, 0.1) is 0 Å². The van der Waals surface area contributed by atoms with E-state index in [0.29, 0.717) is 6.42 Å². The second kappa shape index (κ2) is 3.35. The van der Waals surface area contributed by atoms with Crippen molar-refractivity contribution in [2.45, 2.75) is 44.1 Å². The van der Waals surface area contributed by atoms with E-state index >= 15 is 0 Å². The molecule has 0 radical (unpaired) electrons. The number of rotatable bonds is 0. The number of aryl methyl sites for hydroxylation is 1. The zero-order valence-corrected chi connectivity index (χ0v) is 11.7. The Morgan fingerprint density at radius 2 is 2.12 bits per heavy atom. The van der Waals surface area contributed by atoms with Crippen molar-refractivity contribution in [2.24, 2.45) is 0 Å². The van der Waals surface area contributed by atoms with Crippen molar-refractivity contribution in [3.63, 3.8) is 0 Å². The first-order valence-electron chi connectivity index (χ1n) is 6.05. The Bertz CT molecular complexity index is 509. The molecule has 1 aliphatic heterocycles. The predicted molar refractivity (Wildman–Crippen MR) is 71.0 cm³/mol. The number of nitrogens with one attached hydrogen (secondary N) is 1. The molecule has 1 saturated heterocycles. The van der Waals surface area contributed by atoms with E-state index in [1.165, 1.54) is 11.1 Å². The lowest BCUT2D eigenvalue weighted by Crippen LogP contribution is -2.48. The molecule has 1 aromatic carbocycles. The van der Waals surface area contributed by atoms with Crippen LogP contribution in [0.15, 0.2) is 22.7 Å². The van der Waals surface area contributed by atoms with Crippen LogP contribution in [0.3, 0.4) is 0 Å². The molecule has 17 heavy (non-hydrogen) atoms. The Kier molecular flexibility index (Phi) is 2.22. The summed E-state index contributed by atoms with van der Waals surface area (Å²) in [5, 5.41) is 3.13. The van der Waals surface area contributed by atoms with Gasteiger partial charge < -0.3 is 5.32 Å². The maximum atomic E-state index is 11.8. The molecule has 2 aliphatic rings.